The van der Waals surface area contributed by atoms with E-state index in [1.165, 1.54) is 5.56 Å². The van der Waals surface area contributed by atoms with Crippen molar-refractivity contribution in [2.45, 2.75) is 13.0 Å². The molecule has 0 fully saturated rings. The second-order valence-electron chi connectivity index (χ2n) is 6.46. The Bertz CT molecular complexity index is 843. The van der Waals surface area contributed by atoms with Gasteiger partial charge in [-0.25, -0.2) is 0 Å². The predicted octanol–water partition coefficient (Wildman–Crippen LogP) is 4.27. The Kier molecular flexibility index (Phi) is 5.19. The number of fused-ring (bicyclic) bond motifs is 1. The van der Waals surface area contributed by atoms with Crippen LogP contribution in [0.2, 0.25) is 0 Å². The van der Waals surface area contributed by atoms with Crippen LogP contribution in [-0.2, 0) is 0 Å². The average Bonchev–Trinajstić information content (AvgIpc) is 2.62. The van der Waals surface area contributed by atoms with Gasteiger partial charge in [-0.2, -0.15) is 0 Å². The largest absolute Gasteiger partial charge is 0.497 e. The number of nitrogens with one attached hydrogen (secondary N) is 1. The third-order valence-corrected chi connectivity index (χ3v) is 4.45. The second kappa shape index (κ2) is 7.53. The summed E-state index contributed by atoms with van der Waals surface area (Å²) in [4.78, 5) is 6.84. The smallest absolute Gasteiger partial charge is 0.118 e. The zero-order valence-corrected chi connectivity index (χ0v) is 15.3. The van der Waals surface area contributed by atoms with E-state index in [1.54, 1.807) is 7.11 Å². The summed E-state index contributed by atoms with van der Waals surface area (Å²) in [6.07, 6.45) is 0. The molecule has 0 amide bonds. The number of rotatable bonds is 6. The lowest BCUT2D eigenvalue weighted by Gasteiger charge is -2.26. The van der Waals surface area contributed by atoms with Crippen LogP contribution in [0.25, 0.3) is 10.9 Å². The van der Waals surface area contributed by atoms with Gasteiger partial charge in [0.1, 0.15) is 5.75 Å². The third-order valence-electron chi connectivity index (χ3n) is 4.45. The molecule has 1 atom stereocenters. The topological polar surface area (TPSA) is 37.4 Å². The van der Waals surface area contributed by atoms with Crippen LogP contribution in [0.5, 0.6) is 5.75 Å². The summed E-state index contributed by atoms with van der Waals surface area (Å²) in [5, 5.41) is 4.78. The van der Waals surface area contributed by atoms with Crippen LogP contribution in [0.4, 0.5) is 5.69 Å². The van der Waals surface area contributed by atoms with E-state index < -0.39 is 0 Å². The van der Waals surface area contributed by atoms with E-state index in [0.29, 0.717) is 0 Å². The number of ether oxygens (including phenoxy) is 1. The number of pyridine rings is 1. The van der Waals surface area contributed by atoms with Crippen LogP contribution in [-0.4, -0.2) is 37.6 Å². The highest BCUT2D eigenvalue weighted by Crippen LogP contribution is 2.26. The Labute approximate surface area is 149 Å². The molecule has 3 rings (SSSR count). The Morgan fingerprint density at radius 2 is 1.80 bits per heavy atom. The van der Waals surface area contributed by atoms with Gasteiger partial charge >= 0.3 is 0 Å². The van der Waals surface area contributed by atoms with E-state index in [2.05, 4.69) is 65.7 Å². The van der Waals surface area contributed by atoms with Crippen molar-refractivity contribution in [2.24, 2.45) is 0 Å². The summed E-state index contributed by atoms with van der Waals surface area (Å²) in [6.45, 7) is 2.84. The minimum Gasteiger partial charge on any atom is -0.497 e. The van der Waals surface area contributed by atoms with Crippen LogP contribution < -0.4 is 10.1 Å². The van der Waals surface area contributed by atoms with E-state index in [1.807, 2.05) is 25.1 Å². The number of methoxy groups -OCH3 is 1. The zero-order valence-electron chi connectivity index (χ0n) is 15.3. The quantitative estimate of drug-likeness (QED) is 0.730. The van der Waals surface area contributed by atoms with Crippen molar-refractivity contribution in [3.05, 3.63) is 65.9 Å². The van der Waals surface area contributed by atoms with Gasteiger partial charge in [-0.1, -0.05) is 30.3 Å². The molecular weight excluding hydrogens is 310 g/mol. The fourth-order valence-electron chi connectivity index (χ4n) is 3.09. The van der Waals surface area contributed by atoms with Crippen molar-refractivity contribution in [2.75, 3.05) is 33.1 Å². The zero-order chi connectivity index (χ0) is 17.8. The number of anilines is 1. The summed E-state index contributed by atoms with van der Waals surface area (Å²) in [5.41, 5.74) is 4.43. The molecule has 4 nitrogen and oxygen atoms in total. The highest BCUT2D eigenvalue weighted by molar-refractivity contribution is 5.91. The molecule has 2 aromatic carbocycles. The van der Waals surface area contributed by atoms with Gasteiger partial charge in [0.2, 0.25) is 0 Å². The molecule has 0 aliphatic heterocycles. The van der Waals surface area contributed by atoms with E-state index in [9.17, 15) is 0 Å². The van der Waals surface area contributed by atoms with Gasteiger partial charge in [-0.05, 0) is 50.8 Å². The van der Waals surface area contributed by atoms with Crippen molar-refractivity contribution >= 4 is 16.6 Å². The number of nitrogens with zero attached hydrogens (tertiary/aromatic N) is 2. The van der Waals surface area contributed by atoms with E-state index >= 15 is 0 Å². The number of benzene rings is 2. The monoisotopic (exact) mass is 335 g/mol. The van der Waals surface area contributed by atoms with Gasteiger partial charge in [0, 0.05) is 23.3 Å². The fraction of sp³-hybridized carbons (Fsp3) is 0.286. The van der Waals surface area contributed by atoms with E-state index in [-0.39, 0.29) is 6.04 Å². The molecule has 0 radical (unpaired) electrons. The maximum absolute atomic E-state index is 5.26. The number of hydrogen-bond donors (Lipinski definition) is 1. The maximum Gasteiger partial charge on any atom is 0.118 e. The normalized spacial score (nSPS) is 12.4. The van der Waals surface area contributed by atoms with E-state index in [4.69, 9.17) is 4.74 Å². The summed E-state index contributed by atoms with van der Waals surface area (Å²) in [7, 11) is 5.90. The molecule has 0 bridgehead atoms. The molecule has 1 aromatic heterocycles. The molecule has 0 spiro atoms. The number of hydrogen-bond acceptors (Lipinski definition) is 4. The minimum atomic E-state index is 0.262. The number of para-hydroxylation sites is 1. The van der Waals surface area contributed by atoms with Crippen LogP contribution in [0.3, 0.4) is 0 Å². The summed E-state index contributed by atoms with van der Waals surface area (Å²) in [6, 6.07) is 18.9. The van der Waals surface area contributed by atoms with Gasteiger partial charge in [0.05, 0.1) is 18.7 Å². The Morgan fingerprint density at radius 1 is 1.08 bits per heavy atom. The van der Waals surface area contributed by atoms with Crippen LogP contribution >= 0.6 is 0 Å². The lowest BCUT2D eigenvalue weighted by atomic mass is 10.1. The average molecular weight is 335 g/mol. The number of aryl methyl sites for hydroxylation is 1. The Morgan fingerprint density at radius 3 is 2.48 bits per heavy atom. The lowest BCUT2D eigenvalue weighted by Crippen LogP contribution is -2.26. The first-order valence-corrected chi connectivity index (χ1v) is 8.49. The fourth-order valence-corrected chi connectivity index (χ4v) is 3.09. The lowest BCUT2D eigenvalue weighted by molar-refractivity contribution is 0.311. The van der Waals surface area contributed by atoms with Crippen molar-refractivity contribution in [3.63, 3.8) is 0 Å². The molecule has 1 N–H and O–H groups in total. The Balaban J connectivity index is 1.84. The number of likely N-dealkylation sites (N-methyl/N-ethyl adjacent to an activating group) is 1. The van der Waals surface area contributed by atoms with Crippen molar-refractivity contribution in [3.8, 4) is 5.75 Å². The first kappa shape index (κ1) is 17.2. The highest BCUT2D eigenvalue weighted by atomic mass is 16.5. The van der Waals surface area contributed by atoms with Crippen molar-refractivity contribution in [1.29, 1.82) is 0 Å². The van der Waals surface area contributed by atoms with Crippen molar-refractivity contribution in [1.82, 2.24) is 9.88 Å². The third kappa shape index (κ3) is 3.91. The molecule has 0 aliphatic rings. The molecule has 130 valence electrons. The second-order valence-corrected chi connectivity index (χ2v) is 6.46. The van der Waals surface area contributed by atoms with Gasteiger partial charge in [0.15, 0.2) is 0 Å². The van der Waals surface area contributed by atoms with Gasteiger partial charge in [-0.3, -0.25) is 4.98 Å². The van der Waals surface area contributed by atoms with Gasteiger partial charge < -0.3 is 15.0 Å². The SMILES string of the molecule is COc1ccc(C(CNc2cc(C)nc3ccccc23)N(C)C)cc1. The summed E-state index contributed by atoms with van der Waals surface area (Å²) < 4.78 is 5.26. The van der Waals surface area contributed by atoms with Crippen LogP contribution in [0, 0.1) is 6.92 Å². The molecule has 1 heterocycles. The molecule has 25 heavy (non-hydrogen) atoms. The predicted molar refractivity (Wildman–Crippen MR) is 104 cm³/mol. The molecule has 0 aliphatic carbocycles. The van der Waals surface area contributed by atoms with Crippen molar-refractivity contribution < 1.29 is 4.74 Å². The molecule has 3 aromatic rings. The van der Waals surface area contributed by atoms with Gasteiger partial charge in [0.25, 0.3) is 0 Å². The molecule has 4 heteroatoms. The molecular formula is C21H25N3O. The van der Waals surface area contributed by atoms with Crippen LogP contribution in [0.1, 0.15) is 17.3 Å². The molecule has 0 saturated carbocycles. The van der Waals surface area contributed by atoms with E-state index in [0.717, 1.165) is 34.6 Å². The summed E-state index contributed by atoms with van der Waals surface area (Å²) >= 11 is 0. The standard InChI is InChI=1S/C21H25N3O/c1-15-13-20(18-7-5-6-8-19(18)23-15)22-14-21(24(2)3)16-9-11-17(25-4)12-10-16/h5-13,21H,14H2,1-4H3,(H,22,23). The molecule has 0 saturated heterocycles. The first-order valence-electron chi connectivity index (χ1n) is 8.49. The van der Waals surface area contributed by atoms with Gasteiger partial charge in [-0.15, -0.1) is 0 Å². The number of aromatic nitrogens is 1. The highest BCUT2D eigenvalue weighted by Gasteiger charge is 2.15. The first-order chi connectivity index (χ1) is 12.1. The molecule has 1 unspecified atom stereocenters. The Hall–Kier alpha value is -2.59. The summed E-state index contributed by atoms with van der Waals surface area (Å²) in [5.74, 6) is 0.880. The van der Waals surface area contributed by atoms with Crippen LogP contribution in [0.15, 0.2) is 54.6 Å². The minimum absolute atomic E-state index is 0.262. The maximum atomic E-state index is 5.26.